The lowest BCUT2D eigenvalue weighted by Gasteiger charge is -2.10. The average molecular weight is 309 g/mol. The van der Waals surface area contributed by atoms with Crippen LogP contribution in [0.25, 0.3) is 16.3 Å². The number of nitrogens with zero attached hydrogens (tertiary/aromatic N) is 2. The minimum Gasteiger partial charge on any atom is -0.369 e. The van der Waals surface area contributed by atoms with Crippen LogP contribution in [0.5, 0.6) is 0 Å². The van der Waals surface area contributed by atoms with Crippen molar-refractivity contribution in [3.05, 3.63) is 51.9 Å². The molecule has 0 saturated heterocycles. The number of hydrogen-bond donors (Lipinski definition) is 1. The molecule has 3 aromatic rings. The first-order chi connectivity index (χ1) is 10.6. The molecule has 1 aromatic carbocycles. The van der Waals surface area contributed by atoms with E-state index in [1.807, 2.05) is 11.3 Å². The second kappa shape index (κ2) is 4.99. The zero-order chi connectivity index (χ0) is 15.3. The first-order valence-electron chi connectivity index (χ1n) is 7.63. The van der Waals surface area contributed by atoms with Crippen LogP contribution in [0.1, 0.15) is 21.6 Å². The highest BCUT2D eigenvalue weighted by molar-refractivity contribution is 7.15. The lowest BCUT2D eigenvalue weighted by atomic mass is 10.1. The van der Waals surface area contributed by atoms with Crippen LogP contribution < -0.4 is 5.32 Å². The average Bonchev–Trinajstić information content (AvgIpc) is 3.15. The second-order valence-electron chi connectivity index (χ2n) is 5.96. The van der Waals surface area contributed by atoms with Crippen molar-refractivity contribution in [2.24, 2.45) is 0 Å². The Bertz CT molecular complexity index is 857. The maximum Gasteiger partial charge on any atom is 0.133 e. The number of rotatable bonds is 2. The largest absolute Gasteiger partial charge is 0.369 e. The van der Waals surface area contributed by atoms with E-state index >= 15 is 0 Å². The molecule has 0 atom stereocenters. The van der Waals surface area contributed by atoms with E-state index in [0.717, 1.165) is 30.2 Å². The Morgan fingerprint density at radius 1 is 1.14 bits per heavy atom. The van der Waals surface area contributed by atoms with Gasteiger partial charge in [0.15, 0.2) is 0 Å². The number of benzene rings is 1. The van der Waals surface area contributed by atoms with Crippen LogP contribution in [-0.2, 0) is 6.42 Å². The predicted molar refractivity (Wildman–Crippen MR) is 93.3 cm³/mol. The molecular weight excluding hydrogens is 290 g/mol. The van der Waals surface area contributed by atoms with Crippen molar-refractivity contribution in [1.82, 2.24) is 9.78 Å². The Hall–Kier alpha value is -2.07. The highest BCUT2D eigenvalue weighted by Crippen LogP contribution is 2.37. The number of nitrogens with one attached hydrogen (secondary N) is 1. The number of hydrogen-bond acceptors (Lipinski definition) is 3. The second-order valence-corrected chi connectivity index (χ2v) is 7.25. The van der Waals surface area contributed by atoms with Crippen molar-refractivity contribution in [1.29, 1.82) is 0 Å². The zero-order valence-corrected chi connectivity index (χ0v) is 13.9. The number of aryl methyl sites for hydroxylation is 3. The molecule has 0 amide bonds. The zero-order valence-electron chi connectivity index (χ0n) is 13.1. The Kier molecular flexibility index (Phi) is 3.08. The van der Waals surface area contributed by atoms with Gasteiger partial charge >= 0.3 is 0 Å². The first kappa shape index (κ1) is 13.6. The van der Waals surface area contributed by atoms with E-state index in [1.165, 1.54) is 26.4 Å². The Morgan fingerprint density at radius 3 is 2.73 bits per heavy atom. The molecule has 0 aliphatic carbocycles. The molecule has 3 nitrogen and oxygen atoms in total. The molecule has 2 aromatic heterocycles. The van der Waals surface area contributed by atoms with E-state index in [0.29, 0.717) is 0 Å². The monoisotopic (exact) mass is 309 g/mol. The molecule has 0 spiro atoms. The third kappa shape index (κ3) is 2.06. The molecule has 112 valence electrons. The Balaban J connectivity index is 1.91. The summed E-state index contributed by atoms with van der Waals surface area (Å²) in [7, 11) is 0. The molecule has 3 heterocycles. The van der Waals surface area contributed by atoms with E-state index in [1.54, 1.807) is 0 Å². The smallest absolute Gasteiger partial charge is 0.133 e. The molecule has 1 N–H and O–H groups in total. The highest BCUT2D eigenvalue weighted by Gasteiger charge is 2.25. The third-order valence-electron chi connectivity index (χ3n) is 4.21. The van der Waals surface area contributed by atoms with Gasteiger partial charge in [0.05, 0.1) is 10.6 Å². The van der Waals surface area contributed by atoms with E-state index < -0.39 is 0 Å². The standard InChI is InChI=1S/C18H19N3S/c1-11-4-6-15(12(2)10-11)21-18-14(8-9-19-18)17(20-21)16-7-5-13(3)22-16/h4-7,10,19H,8-9H2,1-3H3. The number of thiophene rings is 1. The number of aromatic nitrogens is 2. The SMILES string of the molecule is Cc1ccc(-n2nc(-c3ccc(C)s3)c3c2NCC3)c(C)c1. The van der Waals surface area contributed by atoms with Crippen molar-refractivity contribution in [2.45, 2.75) is 27.2 Å². The summed E-state index contributed by atoms with van der Waals surface area (Å²) in [4.78, 5) is 2.59. The van der Waals surface area contributed by atoms with Gasteiger partial charge in [-0.05, 0) is 51.0 Å². The van der Waals surface area contributed by atoms with Crippen molar-refractivity contribution in [2.75, 3.05) is 11.9 Å². The Labute approximate surface area is 134 Å². The minimum atomic E-state index is 0.995. The fourth-order valence-corrected chi connectivity index (χ4v) is 4.03. The topological polar surface area (TPSA) is 29.9 Å². The number of fused-ring (bicyclic) bond motifs is 1. The van der Waals surface area contributed by atoms with Crippen LogP contribution in [0, 0.1) is 20.8 Å². The van der Waals surface area contributed by atoms with Gasteiger partial charge in [0.25, 0.3) is 0 Å². The summed E-state index contributed by atoms with van der Waals surface area (Å²) in [5, 5.41) is 8.45. The fraction of sp³-hybridized carbons (Fsp3) is 0.278. The van der Waals surface area contributed by atoms with Gasteiger partial charge < -0.3 is 5.32 Å². The van der Waals surface area contributed by atoms with Crippen molar-refractivity contribution >= 4 is 17.2 Å². The minimum absolute atomic E-state index is 0.995. The third-order valence-corrected chi connectivity index (χ3v) is 5.21. The van der Waals surface area contributed by atoms with Crippen LogP contribution in [0.4, 0.5) is 5.82 Å². The van der Waals surface area contributed by atoms with Crippen LogP contribution in [0.3, 0.4) is 0 Å². The normalized spacial score (nSPS) is 13.2. The van der Waals surface area contributed by atoms with Crippen molar-refractivity contribution in [3.63, 3.8) is 0 Å². The van der Waals surface area contributed by atoms with Gasteiger partial charge in [0.2, 0.25) is 0 Å². The van der Waals surface area contributed by atoms with Gasteiger partial charge in [-0.3, -0.25) is 0 Å². The summed E-state index contributed by atoms with van der Waals surface area (Å²) in [5.41, 5.74) is 6.19. The first-order valence-corrected chi connectivity index (χ1v) is 8.45. The lowest BCUT2D eigenvalue weighted by Crippen LogP contribution is -2.05. The van der Waals surface area contributed by atoms with Gasteiger partial charge in [0, 0.05) is 17.0 Å². The molecule has 22 heavy (non-hydrogen) atoms. The highest BCUT2D eigenvalue weighted by atomic mass is 32.1. The van der Waals surface area contributed by atoms with E-state index in [2.05, 4.69) is 61.1 Å². The molecule has 0 bridgehead atoms. The van der Waals surface area contributed by atoms with Crippen LogP contribution >= 0.6 is 11.3 Å². The lowest BCUT2D eigenvalue weighted by molar-refractivity contribution is 0.875. The maximum atomic E-state index is 4.94. The molecule has 1 aliphatic heterocycles. The van der Waals surface area contributed by atoms with Gasteiger partial charge in [-0.25, -0.2) is 4.68 Å². The summed E-state index contributed by atoms with van der Waals surface area (Å²) in [6.07, 6.45) is 1.05. The van der Waals surface area contributed by atoms with Crippen molar-refractivity contribution in [3.8, 4) is 16.3 Å². The van der Waals surface area contributed by atoms with Gasteiger partial charge in [0.1, 0.15) is 11.5 Å². The van der Waals surface area contributed by atoms with Crippen LogP contribution in [0.2, 0.25) is 0 Å². The molecule has 0 radical (unpaired) electrons. The molecule has 0 fully saturated rings. The van der Waals surface area contributed by atoms with E-state index in [4.69, 9.17) is 5.10 Å². The van der Waals surface area contributed by atoms with Crippen molar-refractivity contribution < 1.29 is 0 Å². The fourth-order valence-electron chi connectivity index (χ4n) is 3.15. The van der Waals surface area contributed by atoms with Crippen LogP contribution in [-0.4, -0.2) is 16.3 Å². The van der Waals surface area contributed by atoms with E-state index in [-0.39, 0.29) is 0 Å². The molecule has 0 saturated carbocycles. The summed E-state index contributed by atoms with van der Waals surface area (Å²) in [6.45, 7) is 7.42. The molecule has 1 aliphatic rings. The molecule has 4 heteroatoms. The maximum absolute atomic E-state index is 4.94. The summed E-state index contributed by atoms with van der Waals surface area (Å²) in [6, 6.07) is 10.9. The summed E-state index contributed by atoms with van der Waals surface area (Å²) in [5.74, 6) is 1.16. The van der Waals surface area contributed by atoms with Gasteiger partial charge in [-0.1, -0.05) is 17.7 Å². The molecule has 0 unspecified atom stereocenters. The summed E-state index contributed by atoms with van der Waals surface area (Å²) < 4.78 is 2.08. The molecule has 4 rings (SSSR count). The Morgan fingerprint density at radius 2 is 2.00 bits per heavy atom. The van der Waals surface area contributed by atoms with Gasteiger partial charge in [-0.2, -0.15) is 5.10 Å². The quantitative estimate of drug-likeness (QED) is 0.755. The predicted octanol–water partition coefficient (Wildman–Crippen LogP) is 4.49. The summed E-state index contributed by atoms with van der Waals surface area (Å²) >= 11 is 1.82. The van der Waals surface area contributed by atoms with Crippen LogP contribution in [0.15, 0.2) is 30.3 Å². The van der Waals surface area contributed by atoms with E-state index in [9.17, 15) is 0 Å². The van der Waals surface area contributed by atoms with Gasteiger partial charge in [-0.15, -0.1) is 11.3 Å². The molecular formula is C18H19N3S. The number of anilines is 1.